The van der Waals surface area contributed by atoms with Crippen molar-refractivity contribution in [2.75, 3.05) is 46.3 Å². The number of hydrogen-bond acceptors (Lipinski definition) is 9. The van der Waals surface area contributed by atoms with E-state index in [1.54, 1.807) is 35.2 Å². The fraction of sp³-hybridized carbons (Fsp3) is 0.636. The number of carbonyl (C=O) groups is 2. The van der Waals surface area contributed by atoms with Crippen LogP contribution in [0.1, 0.15) is 58.4 Å². The van der Waals surface area contributed by atoms with E-state index in [4.69, 9.17) is 9.47 Å². The first-order valence-electron chi connectivity index (χ1n) is 16.0. The topological polar surface area (TPSA) is 137 Å². The molecule has 3 heterocycles. The summed E-state index contributed by atoms with van der Waals surface area (Å²) in [4.78, 5) is 30.0. The third-order valence-electron chi connectivity index (χ3n) is 9.02. The van der Waals surface area contributed by atoms with Gasteiger partial charge in [-0.15, -0.1) is 0 Å². The van der Waals surface area contributed by atoms with Crippen LogP contribution in [0.5, 0.6) is 0 Å². The van der Waals surface area contributed by atoms with Crippen molar-refractivity contribution in [2.24, 2.45) is 11.8 Å². The first-order chi connectivity index (χ1) is 21.3. The number of ether oxygens (including phenoxy) is 2. The third kappa shape index (κ3) is 9.62. The van der Waals surface area contributed by atoms with Crippen LogP contribution in [0.4, 0.5) is 4.79 Å². The highest BCUT2D eigenvalue weighted by atomic mass is 32.2. The summed E-state index contributed by atoms with van der Waals surface area (Å²) in [5.41, 5.74) is 1.33. The Balaban J connectivity index is 1.56. The molecule has 5 atom stereocenters. The SMILES string of the molecule is C/C(=C\c1cccc(S(=O)(=O)N2CCC(O)CC2)c1)[C@H]1OC(=O)C[C@H](O)CC[C@H](C)[C@@H](OC(=O)N2CCN(C)CC2)/C=C/[C@@H]1C. The molecule has 0 saturated carbocycles. The van der Waals surface area contributed by atoms with Gasteiger partial charge in [-0.3, -0.25) is 4.79 Å². The Morgan fingerprint density at radius 2 is 1.67 bits per heavy atom. The number of esters is 1. The Labute approximate surface area is 267 Å². The molecule has 11 nitrogen and oxygen atoms in total. The van der Waals surface area contributed by atoms with Crippen molar-refractivity contribution in [3.05, 3.63) is 47.6 Å². The molecule has 12 heteroatoms. The Morgan fingerprint density at radius 3 is 2.36 bits per heavy atom. The average Bonchev–Trinajstić information content (AvgIpc) is 3.00. The van der Waals surface area contributed by atoms with Crippen LogP contribution in [0.3, 0.4) is 0 Å². The van der Waals surface area contributed by atoms with Crippen molar-refractivity contribution in [2.45, 2.75) is 82.2 Å². The first-order valence-corrected chi connectivity index (χ1v) is 17.4. The predicted octanol–water partition coefficient (Wildman–Crippen LogP) is 3.27. The van der Waals surface area contributed by atoms with E-state index in [9.17, 15) is 28.2 Å². The average molecular weight is 648 g/mol. The second-order valence-electron chi connectivity index (χ2n) is 12.8. The van der Waals surface area contributed by atoms with Crippen molar-refractivity contribution in [1.29, 1.82) is 0 Å². The number of hydrogen-bond donors (Lipinski definition) is 2. The molecule has 4 rings (SSSR count). The maximum Gasteiger partial charge on any atom is 0.410 e. The van der Waals surface area contributed by atoms with E-state index in [1.165, 1.54) is 4.31 Å². The molecule has 2 saturated heterocycles. The molecule has 3 aliphatic heterocycles. The number of piperazine rings is 1. The Kier molecular flexibility index (Phi) is 12.2. The van der Waals surface area contributed by atoms with Crippen LogP contribution >= 0.6 is 0 Å². The van der Waals surface area contributed by atoms with Crippen LogP contribution in [0.15, 0.2) is 46.9 Å². The van der Waals surface area contributed by atoms with Gasteiger partial charge in [-0.2, -0.15) is 4.31 Å². The number of benzene rings is 1. The standard InChI is InChI=1S/C33H49N3O8S/c1-23-8-10-28(38)22-31(39)44-32(24(2)9-11-30(23)43-33(40)35-18-16-34(4)17-19-35)25(3)20-26-6-5-7-29(21-26)45(41,42)36-14-12-27(37)13-15-36/h5-7,9,11,20-21,23-24,27-28,30,32,37-38H,8,10,12-19,22H2,1-4H3/b11-9+,25-20+/t23-,24-,28+,30-,32-/m0/s1. The van der Waals surface area contributed by atoms with Gasteiger partial charge in [-0.05, 0) is 74.9 Å². The lowest BCUT2D eigenvalue weighted by molar-refractivity contribution is -0.151. The van der Waals surface area contributed by atoms with Crippen LogP contribution in [0.25, 0.3) is 6.08 Å². The van der Waals surface area contributed by atoms with Gasteiger partial charge in [-0.25, -0.2) is 13.2 Å². The lowest BCUT2D eigenvalue weighted by atomic mass is 9.91. The molecule has 0 bridgehead atoms. The summed E-state index contributed by atoms with van der Waals surface area (Å²) in [6.07, 6.45) is 4.17. The molecule has 2 fully saturated rings. The van der Waals surface area contributed by atoms with E-state index in [0.717, 1.165) is 13.1 Å². The number of sulfonamides is 1. The van der Waals surface area contributed by atoms with E-state index >= 15 is 0 Å². The molecule has 0 spiro atoms. The molecular weight excluding hydrogens is 598 g/mol. The van der Waals surface area contributed by atoms with E-state index in [0.29, 0.717) is 49.9 Å². The van der Waals surface area contributed by atoms with Gasteiger partial charge in [0.2, 0.25) is 10.0 Å². The number of aliphatic hydroxyl groups excluding tert-OH is 2. The molecule has 1 aromatic rings. The lowest BCUT2D eigenvalue weighted by Crippen LogP contribution is -2.48. The van der Waals surface area contributed by atoms with Gasteiger partial charge in [0.05, 0.1) is 23.5 Å². The maximum absolute atomic E-state index is 13.3. The molecule has 1 amide bonds. The van der Waals surface area contributed by atoms with Crippen molar-refractivity contribution in [3.8, 4) is 0 Å². The minimum Gasteiger partial charge on any atom is -0.457 e. The molecule has 3 aliphatic rings. The minimum absolute atomic E-state index is 0.0853. The number of carbonyl (C=O) groups excluding carboxylic acids is 2. The summed E-state index contributed by atoms with van der Waals surface area (Å²) >= 11 is 0. The molecular formula is C33H49N3O8S. The van der Waals surface area contributed by atoms with Gasteiger partial charge >= 0.3 is 12.1 Å². The van der Waals surface area contributed by atoms with Gasteiger partial charge in [0.25, 0.3) is 0 Å². The zero-order valence-corrected chi connectivity index (χ0v) is 27.7. The number of amides is 1. The highest BCUT2D eigenvalue weighted by molar-refractivity contribution is 7.89. The fourth-order valence-corrected chi connectivity index (χ4v) is 7.50. The number of rotatable bonds is 5. The Hall–Kier alpha value is -2.77. The number of aliphatic hydroxyl groups is 2. The van der Waals surface area contributed by atoms with Gasteiger partial charge < -0.3 is 29.5 Å². The molecule has 0 unspecified atom stereocenters. The molecule has 0 aromatic heterocycles. The lowest BCUT2D eigenvalue weighted by Gasteiger charge is -2.33. The first kappa shape index (κ1) is 35.1. The second kappa shape index (κ2) is 15.7. The molecule has 45 heavy (non-hydrogen) atoms. The van der Waals surface area contributed by atoms with E-state index in [2.05, 4.69) is 4.90 Å². The van der Waals surface area contributed by atoms with Crippen LogP contribution in [0, 0.1) is 11.8 Å². The molecule has 250 valence electrons. The number of likely N-dealkylation sites (N-methyl/N-ethyl adjacent to an activating group) is 1. The minimum atomic E-state index is -3.73. The quantitative estimate of drug-likeness (QED) is 0.365. The normalized spacial score (nSPS) is 29.7. The van der Waals surface area contributed by atoms with Crippen LogP contribution in [-0.2, 0) is 24.3 Å². The van der Waals surface area contributed by atoms with Gasteiger partial charge in [0.15, 0.2) is 0 Å². The largest absolute Gasteiger partial charge is 0.457 e. The zero-order valence-electron chi connectivity index (χ0n) is 26.9. The van der Waals surface area contributed by atoms with Crippen molar-refractivity contribution >= 4 is 28.2 Å². The molecule has 0 radical (unpaired) electrons. The monoisotopic (exact) mass is 647 g/mol. The highest BCUT2D eigenvalue weighted by Gasteiger charge is 2.31. The summed E-state index contributed by atoms with van der Waals surface area (Å²) in [5, 5.41) is 20.4. The van der Waals surface area contributed by atoms with Crippen molar-refractivity contribution in [1.82, 2.24) is 14.1 Å². The zero-order chi connectivity index (χ0) is 32.7. The summed E-state index contributed by atoms with van der Waals surface area (Å²) in [6.45, 7) is 9.00. The molecule has 2 N–H and O–H groups in total. The van der Waals surface area contributed by atoms with Gasteiger partial charge in [0, 0.05) is 45.2 Å². The number of piperidine rings is 1. The van der Waals surface area contributed by atoms with E-state index < -0.39 is 40.4 Å². The summed E-state index contributed by atoms with van der Waals surface area (Å²) in [5.74, 6) is -0.918. The molecule has 0 aliphatic carbocycles. The molecule has 1 aromatic carbocycles. The van der Waals surface area contributed by atoms with E-state index in [-0.39, 0.29) is 42.3 Å². The van der Waals surface area contributed by atoms with Crippen LogP contribution in [0.2, 0.25) is 0 Å². The predicted molar refractivity (Wildman–Crippen MR) is 171 cm³/mol. The van der Waals surface area contributed by atoms with Crippen LogP contribution in [-0.4, -0.2) is 116 Å². The smallest absolute Gasteiger partial charge is 0.410 e. The Morgan fingerprint density at radius 1 is 0.978 bits per heavy atom. The maximum atomic E-state index is 13.3. The fourth-order valence-electron chi connectivity index (χ4n) is 5.97. The summed E-state index contributed by atoms with van der Waals surface area (Å²) < 4.78 is 39.9. The summed E-state index contributed by atoms with van der Waals surface area (Å²) in [6, 6.07) is 6.62. The van der Waals surface area contributed by atoms with Crippen LogP contribution < -0.4 is 0 Å². The highest BCUT2D eigenvalue weighted by Crippen LogP contribution is 2.27. The van der Waals surface area contributed by atoms with Crippen molar-refractivity contribution < 1.29 is 37.7 Å². The van der Waals surface area contributed by atoms with Crippen molar-refractivity contribution in [3.63, 3.8) is 0 Å². The number of nitrogens with zero attached hydrogens (tertiary/aromatic N) is 3. The van der Waals surface area contributed by atoms with E-state index in [1.807, 2.05) is 40.0 Å². The van der Waals surface area contributed by atoms with Gasteiger partial charge in [-0.1, -0.05) is 38.1 Å². The second-order valence-corrected chi connectivity index (χ2v) is 14.7. The van der Waals surface area contributed by atoms with Gasteiger partial charge in [0.1, 0.15) is 12.2 Å². The summed E-state index contributed by atoms with van der Waals surface area (Å²) in [7, 11) is -1.71. The third-order valence-corrected chi connectivity index (χ3v) is 10.9. The number of cyclic esters (lactones) is 1. The Bertz CT molecular complexity index is 1330.